The summed E-state index contributed by atoms with van der Waals surface area (Å²) >= 11 is 0. The Bertz CT molecular complexity index is 217. The summed E-state index contributed by atoms with van der Waals surface area (Å²) in [6, 6.07) is 0. The average Bonchev–Trinajstić information content (AvgIpc) is 2.45. The number of hydrogen-bond donors (Lipinski definition) is 0. The molecule has 0 spiro atoms. The van der Waals surface area contributed by atoms with E-state index in [1.807, 2.05) is 13.1 Å². The van der Waals surface area contributed by atoms with E-state index in [0.717, 1.165) is 18.1 Å². The van der Waals surface area contributed by atoms with Crippen molar-refractivity contribution in [2.24, 2.45) is 0 Å². The van der Waals surface area contributed by atoms with E-state index in [-0.39, 0.29) is 0 Å². The Morgan fingerprint density at radius 3 is 2.75 bits per heavy atom. The van der Waals surface area contributed by atoms with Crippen LogP contribution in [0.25, 0.3) is 0 Å². The topological polar surface area (TPSA) is 26.0 Å². The summed E-state index contributed by atoms with van der Waals surface area (Å²) in [4.78, 5) is 4.05. The molecule has 1 heterocycles. The van der Waals surface area contributed by atoms with Crippen molar-refractivity contribution in [3.05, 3.63) is 17.8 Å². The Balaban J connectivity index is 2.15. The van der Waals surface area contributed by atoms with Gasteiger partial charge in [-0.15, -0.1) is 0 Å². The van der Waals surface area contributed by atoms with Gasteiger partial charge < -0.3 is 4.42 Å². The zero-order chi connectivity index (χ0) is 8.81. The van der Waals surface area contributed by atoms with Gasteiger partial charge in [0.05, 0.1) is 6.20 Å². The number of oxazole rings is 1. The summed E-state index contributed by atoms with van der Waals surface area (Å²) in [5.41, 5.74) is 0. The number of rotatable bonds is 5. The standard InChI is InChI=1S/C10H17NO/c1-3-4-5-6-7-10-8-11-9(2)12-10/h8H,3-7H2,1-2H3. The minimum Gasteiger partial charge on any atom is -0.446 e. The zero-order valence-electron chi connectivity index (χ0n) is 7.97. The Labute approximate surface area is 74.0 Å². The summed E-state index contributed by atoms with van der Waals surface area (Å²) in [6.07, 6.45) is 8.02. The fourth-order valence-electron chi connectivity index (χ4n) is 1.25. The van der Waals surface area contributed by atoms with Crippen molar-refractivity contribution in [2.75, 3.05) is 0 Å². The number of unbranched alkanes of at least 4 members (excludes halogenated alkanes) is 3. The Morgan fingerprint density at radius 1 is 1.33 bits per heavy atom. The summed E-state index contributed by atoms with van der Waals surface area (Å²) < 4.78 is 5.35. The van der Waals surface area contributed by atoms with E-state index in [9.17, 15) is 0 Å². The Kier molecular flexibility index (Phi) is 3.85. The maximum Gasteiger partial charge on any atom is 0.191 e. The lowest BCUT2D eigenvalue weighted by atomic mass is 10.1. The molecule has 68 valence electrons. The van der Waals surface area contributed by atoms with Crippen molar-refractivity contribution < 1.29 is 4.42 Å². The first-order valence-corrected chi connectivity index (χ1v) is 4.74. The molecule has 0 aliphatic rings. The van der Waals surface area contributed by atoms with E-state index in [1.165, 1.54) is 25.7 Å². The molecule has 0 unspecified atom stereocenters. The Morgan fingerprint density at radius 2 is 2.17 bits per heavy atom. The lowest BCUT2D eigenvalue weighted by Crippen LogP contribution is -1.82. The lowest BCUT2D eigenvalue weighted by molar-refractivity contribution is 0.464. The largest absolute Gasteiger partial charge is 0.446 e. The molecule has 0 radical (unpaired) electrons. The molecule has 0 amide bonds. The third kappa shape index (κ3) is 3.07. The van der Waals surface area contributed by atoms with Gasteiger partial charge >= 0.3 is 0 Å². The normalized spacial score (nSPS) is 10.5. The molecule has 1 aromatic heterocycles. The smallest absolute Gasteiger partial charge is 0.191 e. The highest BCUT2D eigenvalue weighted by Crippen LogP contribution is 2.08. The number of aromatic nitrogens is 1. The molecular formula is C10H17NO. The van der Waals surface area contributed by atoms with E-state index in [0.29, 0.717) is 0 Å². The van der Waals surface area contributed by atoms with Gasteiger partial charge in [-0.05, 0) is 6.42 Å². The predicted molar refractivity (Wildman–Crippen MR) is 49.1 cm³/mol. The molecule has 0 atom stereocenters. The highest BCUT2D eigenvalue weighted by molar-refractivity contribution is 4.92. The van der Waals surface area contributed by atoms with Crippen molar-refractivity contribution in [1.29, 1.82) is 0 Å². The molecule has 2 nitrogen and oxygen atoms in total. The van der Waals surface area contributed by atoms with Crippen LogP contribution in [0.2, 0.25) is 0 Å². The molecule has 0 bridgehead atoms. The highest BCUT2D eigenvalue weighted by Gasteiger charge is 1.98. The van der Waals surface area contributed by atoms with Crippen LogP contribution in [0.15, 0.2) is 10.6 Å². The molecule has 0 aliphatic carbocycles. The predicted octanol–water partition coefficient (Wildman–Crippen LogP) is 3.11. The molecule has 0 saturated carbocycles. The first-order chi connectivity index (χ1) is 5.83. The van der Waals surface area contributed by atoms with E-state index < -0.39 is 0 Å². The van der Waals surface area contributed by atoms with Crippen molar-refractivity contribution in [2.45, 2.75) is 46.0 Å². The third-order valence-corrected chi connectivity index (χ3v) is 1.95. The molecular weight excluding hydrogens is 150 g/mol. The maximum absolute atomic E-state index is 5.35. The second kappa shape index (κ2) is 4.96. The summed E-state index contributed by atoms with van der Waals surface area (Å²) in [5, 5.41) is 0. The molecule has 2 heteroatoms. The Hall–Kier alpha value is -0.790. The highest BCUT2D eigenvalue weighted by atomic mass is 16.3. The first-order valence-electron chi connectivity index (χ1n) is 4.74. The quantitative estimate of drug-likeness (QED) is 0.630. The number of nitrogens with zero attached hydrogens (tertiary/aromatic N) is 1. The van der Waals surface area contributed by atoms with Gasteiger partial charge in [0.15, 0.2) is 5.89 Å². The number of aryl methyl sites for hydroxylation is 2. The summed E-state index contributed by atoms with van der Waals surface area (Å²) in [7, 11) is 0. The lowest BCUT2D eigenvalue weighted by Gasteiger charge is -1.95. The van der Waals surface area contributed by atoms with Gasteiger partial charge in [0.25, 0.3) is 0 Å². The van der Waals surface area contributed by atoms with Crippen LogP contribution in [0, 0.1) is 6.92 Å². The molecule has 1 rings (SSSR count). The van der Waals surface area contributed by atoms with Gasteiger partial charge in [0, 0.05) is 13.3 Å². The zero-order valence-corrected chi connectivity index (χ0v) is 7.97. The first kappa shape index (κ1) is 9.30. The van der Waals surface area contributed by atoms with Crippen LogP contribution >= 0.6 is 0 Å². The van der Waals surface area contributed by atoms with Gasteiger partial charge in [-0.25, -0.2) is 4.98 Å². The minimum atomic E-state index is 0.778. The van der Waals surface area contributed by atoms with Crippen LogP contribution < -0.4 is 0 Å². The van der Waals surface area contributed by atoms with E-state index >= 15 is 0 Å². The fraction of sp³-hybridized carbons (Fsp3) is 0.700. The summed E-state index contributed by atoms with van der Waals surface area (Å²) in [5.74, 6) is 1.81. The van der Waals surface area contributed by atoms with Crippen LogP contribution in [-0.2, 0) is 6.42 Å². The van der Waals surface area contributed by atoms with Gasteiger partial charge in [-0.3, -0.25) is 0 Å². The van der Waals surface area contributed by atoms with Crippen LogP contribution in [0.3, 0.4) is 0 Å². The monoisotopic (exact) mass is 167 g/mol. The van der Waals surface area contributed by atoms with Crippen LogP contribution in [0.4, 0.5) is 0 Å². The van der Waals surface area contributed by atoms with Crippen molar-refractivity contribution in [3.63, 3.8) is 0 Å². The van der Waals surface area contributed by atoms with Crippen LogP contribution in [-0.4, -0.2) is 4.98 Å². The van der Waals surface area contributed by atoms with Crippen molar-refractivity contribution in [1.82, 2.24) is 4.98 Å². The second-order valence-corrected chi connectivity index (χ2v) is 3.16. The molecule has 0 aromatic carbocycles. The molecule has 12 heavy (non-hydrogen) atoms. The van der Waals surface area contributed by atoms with Crippen molar-refractivity contribution >= 4 is 0 Å². The molecule has 0 saturated heterocycles. The van der Waals surface area contributed by atoms with Crippen LogP contribution in [0.5, 0.6) is 0 Å². The molecule has 1 aromatic rings. The fourth-order valence-corrected chi connectivity index (χ4v) is 1.25. The number of hydrogen-bond acceptors (Lipinski definition) is 2. The van der Waals surface area contributed by atoms with Gasteiger partial charge in [-0.2, -0.15) is 0 Å². The van der Waals surface area contributed by atoms with E-state index in [2.05, 4.69) is 11.9 Å². The molecule has 0 aliphatic heterocycles. The van der Waals surface area contributed by atoms with Crippen molar-refractivity contribution in [3.8, 4) is 0 Å². The van der Waals surface area contributed by atoms with Gasteiger partial charge in [0.1, 0.15) is 5.76 Å². The van der Waals surface area contributed by atoms with E-state index in [4.69, 9.17) is 4.42 Å². The van der Waals surface area contributed by atoms with Gasteiger partial charge in [0.2, 0.25) is 0 Å². The van der Waals surface area contributed by atoms with Crippen LogP contribution in [0.1, 0.15) is 44.3 Å². The minimum absolute atomic E-state index is 0.778. The maximum atomic E-state index is 5.35. The third-order valence-electron chi connectivity index (χ3n) is 1.95. The van der Waals surface area contributed by atoms with Gasteiger partial charge in [-0.1, -0.05) is 26.2 Å². The second-order valence-electron chi connectivity index (χ2n) is 3.16. The molecule has 0 N–H and O–H groups in total. The SMILES string of the molecule is CCCCCCc1cnc(C)o1. The summed E-state index contributed by atoms with van der Waals surface area (Å²) in [6.45, 7) is 4.11. The average molecular weight is 167 g/mol. The van der Waals surface area contributed by atoms with E-state index in [1.54, 1.807) is 0 Å². The molecule has 0 fully saturated rings.